The summed E-state index contributed by atoms with van der Waals surface area (Å²) in [4.78, 5) is 19.6. The largest absolute Gasteiger partial charge is 0.494 e. The Labute approximate surface area is 173 Å². The quantitative estimate of drug-likeness (QED) is 0.575. The summed E-state index contributed by atoms with van der Waals surface area (Å²) in [6.07, 6.45) is 6.61. The van der Waals surface area contributed by atoms with Gasteiger partial charge in [-0.25, -0.2) is 0 Å². The molecule has 0 saturated carbocycles. The second-order valence-corrected chi connectivity index (χ2v) is 7.36. The molecule has 0 bridgehead atoms. The zero-order chi connectivity index (χ0) is 20.4. The summed E-state index contributed by atoms with van der Waals surface area (Å²) >= 11 is 5.32. The van der Waals surface area contributed by atoms with Crippen LogP contribution in [-0.4, -0.2) is 20.9 Å². The summed E-state index contributed by atoms with van der Waals surface area (Å²) in [7, 11) is 0. The monoisotopic (exact) mass is 403 g/mol. The maximum absolute atomic E-state index is 12.5. The number of aromatic amines is 1. The fraction of sp³-hybridized carbons (Fsp3) is 0.174. The van der Waals surface area contributed by atoms with Crippen molar-refractivity contribution in [2.24, 2.45) is 4.99 Å². The van der Waals surface area contributed by atoms with E-state index in [4.69, 9.17) is 12.2 Å². The molecule has 6 heteroatoms. The van der Waals surface area contributed by atoms with E-state index in [-0.39, 0.29) is 16.2 Å². The van der Waals surface area contributed by atoms with Gasteiger partial charge in [0.15, 0.2) is 4.77 Å². The van der Waals surface area contributed by atoms with Crippen LogP contribution in [0.3, 0.4) is 0 Å². The van der Waals surface area contributed by atoms with Crippen molar-refractivity contribution in [2.45, 2.75) is 26.2 Å². The first kappa shape index (κ1) is 19.1. The molecule has 3 aromatic rings. The molecule has 2 aromatic carbocycles. The Morgan fingerprint density at radius 2 is 1.93 bits per heavy atom. The number of aliphatic imine (C=N–C) groups is 1. The minimum Gasteiger partial charge on any atom is -0.494 e. The molecule has 1 aliphatic heterocycles. The standard InChI is InChI=1S/C23H21N3O2S/c1-2-3-6-15-9-11-17(12-10-15)26-22(28)19(21(27)25-23(26)29)13-16-14-24-20-8-5-4-7-18(16)20/h4-5,7-14,28H,2-3,6H2,1H3,(H,25,27,29). The van der Waals surface area contributed by atoms with Crippen LogP contribution in [0.5, 0.6) is 5.88 Å². The van der Waals surface area contributed by atoms with E-state index in [1.807, 2.05) is 48.5 Å². The van der Waals surface area contributed by atoms with Crippen LogP contribution in [-0.2, 0) is 6.42 Å². The molecule has 0 radical (unpaired) electrons. The first-order chi connectivity index (χ1) is 14.1. The zero-order valence-electron chi connectivity index (χ0n) is 16.1. The molecule has 0 atom stereocenters. The highest BCUT2D eigenvalue weighted by molar-refractivity contribution is 7.71. The van der Waals surface area contributed by atoms with Crippen molar-refractivity contribution < 1.29 is 5.11 Å². The third-order valence-electron chi connectivity index (χ3n) is 4.99. The molecule has 2 heterocycles. The lowest BCUT2D eigenvalue weighted by Gasteiger charge is -2.12. The highest BCUT2D eigenvalue weighted by atomic mass is 32.1. The predicted octanol–water partition coefficient (Wildman–Crippen LogP) is 5.20. The number of rotatable bonds is 5. The van der Waals surface area contributed by atoms with E-state index >= 15 is 0 Å². The molecule has 0 unspecified atom stereocenters. The minimum atomic E-state index is -0.436. The van der Waals surface area contributed by atoms with E-state index in [0.29, 0.717) is 5.69 Å². The molecular formula is C23H21N3O2S. The topological polar surface area (TPSA) is 70.4 Å². The van der Waals surface area contributed by atoms with Crippen LogP contribution in [0, 0.1) is 4.77 Å². The van der Waals surface area contributed by atoms with Crippen LogP contribution < -0.4 is 5.56 Å². The lowest BCUT2D eigenvalue weighted by Crippen LogP contribution is -2.16. The van der Waals surface area contributed by atoms with Gasteiger partial charge in [0.1, 0.15) is 5.56 Å². The molecular weight excluding hydrogens is 382 g/mol. The molecule has 29 heavy (non-hydrogen) atoms. The summed E-state index contributed by atoms with van der Waals surface area (Å²) in [5.41, 5.74) is 4.15. The molecule has 4 rings (SSSR count). The second-order valence-electron chi connectivity index (χ2n) is 6.98. The number of benzene rings is 2. The van der Waals surface area contributed by atoms with E-state index < -0.39 is 5.56 Å². The van der Waals surface area contributed by atoms with Gasteiger partial charge in [-0.2, -0.15) is 0 Å². The number of hydrogen-bond donors (Lipinski definition) is 2. The summed E-state index contributed by atoms with van der Waals surface area (Å²) in [5.74, 6) is -0.190. The van der Waals surface area contributed by atoms with E-state index in [2.05, 4.69) is 16.9 Å². The minimum absolute atomic E-state index is 0.145. The normalized spacial score (nSPS) is 13.8. The maximum Gasteiger partial charge on any atom is 0.262 e. The van der Waals surface area contributed by atoms with E-state index in [1.165, 1.54) is 10.1 Å². The van der Waals surface area contributed by atoms with Gasteiger partial charge in [-0.1, -0.05) is 43.7 Å². The third-order valence-corrected chi connectivity index (χ3v) is 5.28. The van der Waals surface area contributed by atoms with Crippen LogP contribution in [0.2, 0.25) is 0 Å². The number of H-pyrrole nitrogens is 1. The Bertz CT molecular complexity index is 1230. The Morgan fingerprint density at radius 1 is 1.17 bits per heavy atom. The number of aromatic hydroxyl groups is 1. The first-order valence-corrected chi connectivity index (χ1v) is 10.0. The molecule has 0 aliphatic carbocycles. The van der Waals surface area contributed by atoms with Crippen molar-refractivity contribution in [3.63, 3.8) is 0 Å². The maximum atomic E-state index is 12.5. The number of aromatic nitrogens is 2. The average molecular weight is 404 g/mol. The number of para-hydroxylation sites is 1. The lowest BCUT2D eigenvalue weighted by molar-refractivity contribution is 0.432. The van der Waals surface area contributed by atoms with Gasteiger partial charge in [-0.3, -0.25) is 19.3 Å². The molecule has 0 saturated heterocycles. The Kier molecular flexibility index (Phi) is 5.27. The van der Waals surface area contributed by atoms with E-state index in [0.717, 1.165) is 36.1 Å². The van der Waals surface area contributed by atoms with Gasteiger partial charge in [0.2, 0.25) is 5.88 Å². The number of unbranched alkanes of at least 4 members (excludes halogenated alkanes) is 1. The van der Waals surface area contributed by atoms with Crippen LogP contribution in [0.4, 0.5) is 5.69 Å². The molecule has 5 nitrogen and oxygen atoms in total. The fourth-order valence-corrected chi connectivity index (χ4v) is 3.69. The number of nitrogens with zero attached hydrogens (tertiary/aromatic N) is 2. The van der Waals surface area contributed by atoms with E-state index in [1.54, 1.807) is 12.3 Å². The van der Waals surface area contributed by atoms with Crippen molar-refractivity contribution in [1.29, 1.82) is 0 Å². The van der Waals surface area contributed by atoms with Gasteiger partial charge in [-0.05, 0) is 54.9 Å². The number of aryl methyl sites for hydroxylation is 1. The summed E-state index contributed by atoms with van der Waals surface area (Å²) in [6.45, 7) is 2.16. The Balaban J connectivity index is 1.79. The van der Waals surface area contributed by atoms with Gasteiger partial charge in [0.25, 0.3) is 5.56 Å². The molecule has 146 valence electrons. The fourth-order valence-electron chi connectivity index (χ4n) is 3.41. The van der Waals surface area contributed by atoms with Crippen LogP contribution in [0.25, 0.3) is 17.3 Å². The number of fused-ring (bicyclic) bond motifs is 1. The van der Waals surface area contributed by atoms with Gasteiger partial charge >= 0.3 is 0 Å². The third kappa shape index (κ3) is 3.71. The zero-order valence-corrected chi connectivity index (χ0v) is 16.9. The summed E-state index contributed by atoms with van der Waals surface area (Å²) < 4.78 is 1.63. The number of allylic oxidation sites excluding steroid dienone is 1. The smallest absolute Gasteiger partial charge is 0.262 e. The first-order valence-electron chi connectivity index (χ1n) is 9.61. The van der Waals surface area contributed by atoms with E-state index in [9.17, 15) is 9.90 Å². The molecule has 0 amide bonds. The Hall–Kier alpha value is -3.25. The molecule has 0 spiro atoms. The van der Waals surface area contributed by atoms with Crippen molar-refractivity contribution in [1.82, 2.24) is 9.55 Å². The SMILES string of the molecule is CCCCc1ccc(-n2c(O)c(C=C3C=Nc4ccccc43)c(=O)[nH]c2=S)cc1. The van der Waals surface area contributed by atoms with Gasteiger partial charge in [-0.15, -0.1) is 0 Å². The van der Waals surface area contributed by atoms with Crippen molar-refractivity contribution >= 4 is 35.8 Å². The Morgan fingerprint density at radius 3 is 2.69 bits per heavy atom. The van der Waals surface area contributed by atoms with Crippen LogP contribution in [0.15, 0.2) is 58.3 Å². The van der Waals surface area contributed by atoms with Crippen molar-refractivity contribution in [2.75, 3.05) is 0 Å². The predicted molar refractivity (Wildman–Crippen MR) is 120 cm³/mol. The summed E-state index contributed by atoms with van der Waals surface area (Å²) in [5, 5.41) is 10.9. The van der Waals surface area contributed by atoms with Gasteiger partial charge in [0.05, 0.1) is 11.4 Å². The molecule has 0 fully saturated rings. The lowest BCUT2D eigenvalue weighted by atomic mass is 10.1. The highest BCUT2D eigenvalue weighted by Gasteiger charge is 2.16. The highest BCUT2D eigenvalue weighted by Crippen LogP contribution is 2.33. The van der Waals surface area contributed by atoms with Crippen molar-refractivity contribution in [3.05, 3.63) is 80.3 Å². The molecule has 2 N–H and O–H groups in total. The van der Waals surface area contributed by atoms with Crippen LogP contribution in [0.1, 0.15) is 36.5 Å². The molecule has 1 aromatic heterocycles. The van der Waals surface area contributed by atoms with Gasteiger partial charge < -0.3 is 5.11 Å². The average Bonchev–Trinajstić information content (AvgIpc) is 3.13. The van der Waals surface area contributed by atoms with Crippen LogP contribution >= 0.6 is 12.2 Å². The second kappa shape index (κ2) is 8.01. The molecule has 1 aliphatic rings. The number of nitrogens with one attached hydrogen (secondary N) is 1. The van der Waals surface area contributed by atoms with Crippen molar-refractivity contribution in [3.8, 4) is 11.6 Å². The van der Waals surface area contributed by atoms with Gasteiger partial charge in [0, 0.05) is 17.4 Å². The summed E-state index contributed by atoms with van der Waals surface area (Å²) in [6, 6.07) is 15.5. The number of hydrogen-bond acceptors (Lipinski definition) is 4.